The molecule has 0 aliphatic carbocycles. The Morgan fingerprint density at radius 3 is 2.83 bits per heavy atom. The number of aliphatic hydroxyl groups excluding tert-OH is 1. The van der Waals surface area contributed by atoms with E-state index in [9.17, 15) is 18.7 Å². The SMILES string of the molecule is CC(O)CCNC(=O)NC1CCN(C)C1c1ccc(F)c(F)c1. The summed E-state index contributed by atoms with van der Waals surface area (Å²) in [5.41, 5.74) is 0.637. The van der Waals surface area contributed by atoms with Crippen LogP contribution in [0.5, 0.6) is 0 Å². The van der Waals surface area contributed by atoms with E-state index in [-0.39, 0.29) is 18.1 Å². The molecule has 1 saturated heterocycles. The fourth-order valence-electron chi connectivity index (χ4n) is 2.90. The predicted molar refractivity (Wildman–Crippen MR) is 83.0 cm³/mol. The van der Waals surface area contributed by atoms with Crippen LogP contribution in [0.15, 0.2) is 18.2 Å². The molecule has 1 aromatic rings. The minimum atomic E-state index is -0.886. The minimum Gasteiger partial charge on any atom is -0.393 e. The second-order valence-corrected chi connectivity index (χ2v) is 6.03. The summed E-state index contributed by atoms with van der Waals surface area (Å²) in [6.45, 7) is 2.79. The molecule has 1 aliphatic heterocycles. The van der Waals surface area contributed by atoms with Crippen LogP contribution in [-0.2, 0) is 0 Å². The van der Waals surface area contributed by atoms with Crippen molar-refractivity contribution in [3.05, 3.63) is 35.4 Å². The van der Waals surface area contributed by atoms with Crippen molar-refractivity contribution in [2.75, 3.05) is 20.1 Å². The molecule has 1 aromatic carbocycles. The van der Waals surface area contributed by atoms with Crippen molar-refractivity contribution < 1.29 is 18.7 Å². The van der Waals surface area contributed by atoms with Gasteiger partial charge in [-0.15, -0.1) is 0 Å². The maximum absolute atomic E-state index is 13.5. The van der Waals surface area contributed by atoms with Crippen molar-refractivity contribution in [3.8, 4) is 0 Å². The molecule has 5 nitrogen and oxygen atoms in total. The minimum absolute atomic E-state index is 0.184. The lowest BCUT2D eigenvalue weighted by Crippen LogP contribution is -2.45. The van der Waals surface area contributed by atoms with E-state index in [2.05, 4.69) is 10.6 Å². The van der Waals surface area contributed by atoms with Gasteiger partial charge < -0.3 is 15.7 Å². The van der Waals surface area contributed by atoms with Gasteiger partial charge >= 0.3 is 6.03 Å². The number of carbonyl (C=O) groups is 1. The molecule has 128 valence electrons. The molecule has 2 rings (SSSR count). The zero-order valence-corrected chi connectivity index (χ0v) is 13.4. The van der Waals surface area contributed by atoms with E-state index in [0.717, 1.165) is 19.0 Å². The fraction of sp³-hybridized carbons (Fsp3) is 0.562. The predicted octanol–water partition coefficient (Wildman–Crippen LogP) is 1.78. The van der Waals surface area contributed by atoms with Gasteiger partial charge in [-0.2, -0.15) is 0 Å². The number of benzene rings is 1. The Labute approximate surface area is 134 Å². The van der Waals surface area contributed by atoms with Crippen LogP contribution >= 0.6 is 0 Å². The van der Waals surface area contributed by atoms with Crippen molar-refractivity contribution in [1.29, 1.82) is 0 Å². The molecule has 23 heavy (non-hydrogen) atoms. The molecule has 0 saturated carbocycles. The second-order valence-electron chi connectivity index (χ2n) is 6.03. The molecule has 2 amide bonds. The average molecular weight is 327 g/mol. The number of halogens is 2. The van der Waals surface area contributed by atoms with E-state index in [4.69, 9.17) is 0 Å². The topological polar surface area (TPSA) is 64.6 Å². The summed E-state index contributed by atoms with van der Waals surface area (Å²) in [6.07, 6.45) is 0.733. The average Bonchev–Trinajstić information content (AvgIpc) is 2.82. The monoisotopic (exact) mass is 327 g/mol. The molecular weight excluding hydrogens is 304 g/mol. The van der Waals surface area contributed by atoms with Crippen molar-refractivity contribution >= 4 is 6.03 Å². The van der Waals surface area contributed by atoms with Crippen LogP contribution in [0, 0.1) is 11.6 Å². The quantitative estimate of drug-likeness (QED) is 0.772. The number of aliphatic hydroxyl groups is 1. The molecule has 3 N–H and O–H groups in total. The molecule has 0 radical (unpaired) electrons. The highest BCUT2D eigenvalue weighted by molar-refractivity contribution is 5.74. The third-order valence-corrected chi connectivity index (χ3v) is 4.10. The van der Waals surface area contributed by atoms with Crippen LogP contribution in [0.25, 0.3) is 0 Å². The van der Waals surface area contributed by atoms with Crippen molar-refractivity contribution in [3.63, 3.8) is 0 Å². The zero-order valence-electron chi connectivity index (χ0n) is 13.4. The summed E-state index contributed by atoms with van der Waals surface area (Å²) in [5.74, 6) is -1.77. The Balaban J connectivity index is 2.00. The van der Waals surface area contributed by atoms with E-state index in [0.29, 0.717) is 18.5 Å². The summed E-state index contributed by atoms with van der Waals surface area (Å²) < 4.78 is 26.6. The van der Waals surface area contributed by atoms with Gasteiger partial charge in [0.05, 0.1) is 18.2 Å². The second kappa shape index (κ2) is 7.70. The number of nitrogens with one attached hydrogen (secondary N) is 2. The summed E-state index contributed by atoms with van der Waals surface area (Å²) in [5, 5.41) is 14.7. The number of hydrogen-bond donors (Lipinski definition) is 3. The van der Waals surface area contributed by atoms with E-state index in [1.165, 1.54) is 6.07 Å². The lowest BCUT2D eigenvalue weighted by molar-refractivity contribution is 0.182. The highest BCUT2D eigenvalue weighted by atomic mass is 19.2. The lowest BCUT2D eigenvalue weighted by Gasteiger charge is -2.26. The molecule has 3 unspecified atom stereocenters. The number of carbonyl (C=O) groups excluding carboxylic acids is 1. The van der Waals surface area contributed by atoms with Crippen LogP contribution in [0.4, 0.5) is 13.6 Å². The van der Waals surface area contributed by atoms with Crippen molar-refractivity contribution in [2.45, 2.75) is 38.0 Å². The Morgan fingerprint density at radius 1 is 1.43 bits per heavy atom. The van der Waals surface area contributed by atoms with Gasteiger partial charge in [0, 0.05) is 13.1 Å². The number of likely N-dealkylation sites (tertiary alicyclic amines) is 1. The number of urea groups is 1. The highest BCUT2D eigenvalue weighted by Crippen LogP contribution is 2.31. The molecular formula is C16H23F2N3O2. The number of nitrogens with zero attached hydrogens (tertiary/aromatic N) is 1. The molecule has 3 atom stereocenters. The molecule has 1 aliphatic rings. The van der Waals surface area contributed by atoms with Crippen molar-refractivity contribution in [2.24, 2.45) is 0 Å². The highest BCUT2D eigenvalue weighted by Gasteiger charge is 2.34. The first-order valence-corrected chi connectivity index (χ1v) is 7.76. The Bertz CT molecular complexity index is 554. The third kappa shape index (κ3) is 4.62. The van der Waals surface area contributed by atoms with Crippen LogP contribution in [0.3, 0.4) is 0 Å². The first kappa shape index (κ1) is 17.6. The summed E-state index contributed by atoms with van der Waals surface area (Å²) in [6, 6.07) is 3.13. The van der Waals surface area contributed by atoms with Crippen LogP contribution in [-0.4, -0.2) is 48.3 Å². The van der Waals surface area contributed by atoms with E-state index in [1.54, 1.807) is 13.0 Å². The van der Waals surface area contributed by atoms with Gasteiger partial charge in [0.2, 0.25) is 0 Å². The van der Waals surface area contributed by atoms with Gasteiger partial charge in [0.1, 0.15) is 0 Å². The number of hydrogen-bond acceptors (Lipinski definition) is 3. The molecule has 0 spiro atoms. The molecule has 1 heterocycles. The summed E-state index contributed by atoms with van der Waals surface area (Å²) in [7, 11) is 1.89. The maximum atomic E-state index is 13.5. The standard InChI is InChI=1S/C16H23F2N3O2/c1-10(22)5-7-19-16(23)20-14-6-8-21(2)15(14)11-3-4-12(17)13(18)9-11/h3-4,9-10,14-15,22H,5-8H2,1-2H3,(H2,19,20,23). The normalized spacial score (nSPS) is 22.8. The summed E-state index contributed by atoms with van der Waals surface area (Å²) in [4.78, 5) is 13.9. The van der Waals surface area contributed by atoms with Gasteiger partial charge in [-0.05, 0) is 44.5 Å². The molecule has 1 fully saturated rings. The van der Waals surface area contributed by atoms with Crippen molar-refractivity contribution in [1.82, 2.24) is 15.5 Å². The fourth-order valence-corrected chi connectivity index (χ4v) is 2.90. The Morgan fingerprint density at radius 2 is 2.17 bits per heavy atom. The molecule has 0 bridgehead atoms. The van der Waals surface area contributed by atoms with Crippen LogP contribution < -0.4 is 10.6 Å². The van der Waals surface area contributed by atoms with E-state index >= 15 is 0 Å². The van der Waals surface area contributed by atoms with Gasteiger partial charge in [0.15, 0.2) is 11.6 Å². The van der Waals surface area contributed by atoms with Gasteiger partial charge in [0.25, 0.3) is 0 Å². The maximum Gasteiger partial charge on any atom is 0.315 e. The largest absolute Gasteiger partial charge is 0.393 e. The van der Waals surface area contributed by atoms with Gasteiger partial charge in [-0.25, -0.2) is 13.6 Å². The zero-order chi connectivity index (χ0) is 17.0. The number of amides is 2. The van der Waals surface area contributed by atoms with Crippen LogP contribution in [0.1, 0.15) is 31.4 Å². The first-order chi connectivity index (χ1) is 10.9. The van der Waals surface area contributed by atoms with Gasteiger partial charge in [-0.1, -0.05) is 6.07 Å². The van der Waals surface area contributed by atoms with Gasteiger partial charge in [-0.3, -0.25) is 4.90 Å². The molecule has 0 aromatic heterocycles. The van der Waals surface area contributed by atoms with E-state index < -0.39 is 17.7 Å². The smallest absolute Gasteiger partial charge is 0.315 e. The Hall–Kier alpha value is -1.73. The third-order valence-electron chi connectivity index (χ3n) is 4.10. The van der Waals surface area contributed by atoms with E-state index in [1.807, 2.05) is 11.9 Å². The number of likely N-dealkylation sites (N-methyl/N-ethyl adjacent to an activating group) is 1. The first-order valence-electron chi connectivity index (χ1n) is 7.76. The van der Waals surface area contributed by atoms with Crippen LogP contribution in [0.2, 0.25) is 0 Å². The number of rotatable bonds is 5. The Kier molecular flexibility index (Phi) is 5.90. The molecule has 7 heteroatoms. The lowest BCUT2D eigenvalue weighted by atomic mass is 10.00. The summed E-state index contributed by atoms with van der Waals surface area (Å²) >= 11 is 0.